The minimum absolute atomic E-state index is 0.173. The molecule has 0 unspecified atom stereocenters. The average Bonchev–Trinajstić information content (AvgIpc) is 3.22. The van der Waals surface area contributed by atoms with Gasteiger partial charge in [-0.25, -0.2) is 9.78 Å². The van der Waals surface area contributed by atoms with Crippen molar-refractivity contribution < 1.29 is 23.8 Å². The standard InChI is InChI=1S/C21H20N2O5S/c1-13(28-20(25)15-10-7-11-17(26-2)18(15)27-3)19(24)23-21-22-16(12-29-21)14-8-5-4-6-9-14/h4-13H,1-3H3,(H,22,23,24)/t13-/m1/s1. The molecule has 150 valence electrons. The maximum Gasteiger partial charge on any atom is 0.342 e. The van der Waals surface area contributed by atoms with Crippen LogP contribution in [0, 0.1) is 0 Å². The summed E-state index contributed by atoms with van der Waals surface area (Å²) < 4.78 is 15.7. The Morgan fingerprint density at radius 3 is 2.48 bits per heavy atom. The summed E-state index contributed by atoms with van der Waals surface area (Å²) >= 11 is 1.30. The Balaban J connectivity index is 1.66. The van der Waals surface area contributed by atoms with E-state index in [2.05, 4.69) is 10.3 Å². The highest BCUT2D eigenvalue weighted by Gasteiger charge is 2.23. The van der Waals surface area contributed by atoms with E-state index in [4.69, 9.17) is 14.2 Å². The highest BCUT2D eigenvalue weighted by atomic mass is 32.1. The van der Waals surface area contributed by atoms with Crippen LogP contribution in [-0.2, 0) is 9.53 Å². The zero-order chi connectivity index (χ0) is 20.8. The number of hydrogen-bond acceptors (Lipinski definition) is 7. The Labute approximate surface area is 172 Å². The lowest BCUT2D eigenvalue weighted by Crippen LogP contribution is -2.30. The van der Waals surface area contributed by atoms with E-state index in [0.717, 1.165) is 11.3 Å². The van der Waals surface area contributed by atoms with Crippen LogP contribution in [0.15, 0.2) is 53.9 Å². The van der Waals surface area contributed by atoms with Crippen LogP contribution in [0.2, 0.25) is 0 Å². The van der Waals surface area contributed by atoms with Gasteiger partial charge in [-0.1, -0.05) is 36.4 Å². The van der Waals surface area contributed by atoms with Gasteiger partial charge in [0.25, 0.3) is 5.91 Å². The molecule has 0 aliphatic heterocycles. The number of nitrogens with zero attached hydrogens (tertiary/aromatic N) is 1. The number of ether oxygens (including phenoxy) is 3. The second kappa shape index (κ2) is 9.20. The fourth-order valence-corrected chi connectivity index (χ4v) is 3.33. The van der Waals surface area contributed by atoms with Crippen LogP contribution in [0.3, 0.4) is 0 Å². The molecule has 29 heavy (non-hydrogen) atoms. The Morgan fingerprint density at radius 2 is 1.79 bits per heavy atom. The van der Waals surface area contributed by atoms with E-state index in [9.17, 15) is 9.59 Å². The molecule has 0 aliphatic rings. The quantitative estimate of drug-likeness (QED) is 0.590. The number of methoxy groups -OCH3 is 2. The number of para-hydroxylation sites is 1. The lowest BCUT2D eigenvalue weighted by molar-refractivity contribution is -0.123. The predicted octanol–water partition coefficient (Wildman–Crippen LogP) is 4.01. The van der Waals surface area contributed by atoms with Crippen LogP contribution in [0.5, 0.6) is 11.5 Å². The Kier molecular flexibility index (Phi) is 6.46. The zero-order valence-electron chi connectivity index (χ0n) is 16.2. The molecule has 0 saturated carbocycles. The molecule has 0 saturated heterocycles. The van der Waals surface area contributed by atoms with Crippen molar-refractivity contribution in [1.82, 2.24) is 4.98 Å². The summed E-state index contributed by atoms with van der Waals surface area (Å²) in [7, 11) is 2.90. The van der Waals surface area contributed by atoms with Crippen molar-refractivity contribution in [2.45, 2.75) is 13.0 Å². The smallest absolute Gasteiger partial charge is 0.342 e. The fourth-order valence-electron chi connectivity index (χ4n) is 2.61. The second-order valence-electron chi connectivity index (χ2n) is 5.98. The number of thiazole rings is 1. The van der Waals surface area contributed by atoms with Gasteiger partial charge in [0.1, 0.15) is 5.56 Å². The van der Waals surface area contributed by atoms with E-state index in [1.165, 1.54) is 32.5 Å². The van der Waals surface area contributed by atoms with Gasteiger partial charge in [-0.2, -0.15) is 0 Å². The van der Waals surface area contributed by atoms with Crippen molar-refractivity contribution in [2.24, 2.45) is 0 Å². The SMILES string of the molecule is COc1cccc(C(=O)O[C@H](C)C(=O)Nc2nc(-c3ccccc3)cs2)c1OC. The predicted molar refractivity (Wildman–Crippen MR) is 111 cm³/mol. The first-order valence-electron chi connectivity index (χ1n) is 8.77. The summed E-state index contributed by atoms with van der Waals surface area (Å²) in [5.41, 5.74) is 1.89. The third kappa shape index (κ3) is 4.72. The van der Waals surface area contributed by atoms with Gasteiger partial charge in [0.05, 0.1) is 19.9 Å². The molecule has 0 aliphatic carbocycles. The Bertz CT molecular complexity index is 1000. The fraction of sp³-hybridized carbons (Fsp3) is 0.190. The number of benzene rings is 2. The molecule has 0 spiro atoms. The van der Waals surface area contributed by atoms with Gasteiger partial charge in [0.15, 0.2) is 22.7 Å². The minimum atomic E-state index is -1.03. The van der Waals surface area contributed by atoms with E-state index in [0.29, 0.717) is 10.9 Å². The molecule has 8 heteroatoms. The molecule has 1 aromatic heterocycles. The van der Waals surface area contributed by atoms with Gasteiger partial charge in [0.2, 0.25) is 0 Å². The molecule has 1 N–H and O–H groups in total. The lowest BCUT2D eigenvalue weighted by Gasteiger charge is -2.15. The molecule has 1 atom stereocenters. The van der Waals surface area contributed by atoms with Crippen LogP contribution in [0.1, 0.15) is 17.3 Å². The monoisotopic (exact) mass is 412 g/mol. The number of esters is 1. The summed E-state index contributed by atoms with van der Waals surface area (Å²) in [6.07, 6.45) is -1.03. The first-order valence-corrected chi connectivity index (χ1v) is 9.65. The molecule has 1 heterocycles. The molecule has 0 bridgehead atoms. The molecule has 3 aromatic rings. The van der Waals surface area contributed by atoms with Gasteiger partial charge in [-0.15, -0.1) is 11.3 Å². The van der Waals surface area contributed by atoms with E-state index < -0.39 is 18.0 Å². The maximum absolute atomic E-state index is 12.5. The number of rotatable bonds is 7. The van der Waals surface area contributed by atoms with Crippen LogP contribution in [0.25, 0.3) is 11.3 Å². The molecule has 7 nitrogen and oxygen atoms in total. The molecule has 2 aromatic carbocycles. The summed E-state index contributed by atoms with van der Waals surface area (Å²) in [4.78, 5) is 29.3. The maximum atomic E-state index is 12.5. The highest BCUT2D eigenvalue weighted by molar-refractivity contribution is 7.14. The minimum Gasteiger partial charge on any atom is -0.493 e. The third-order valence-electron chi connectivity index (χ3n) is 4.08. The lowest BCUT2D eigenvalue weighted by atomic mass is 10.2. The van der Waals surface area contributed by atoms with Crippen molar-refractivity contribution >= 4 is 28.3 Å². The molecule has 3 rings (SSSR count). The number of hydrogen-bond donors (Lipinski definition) is 1. The summed E-state index contributed by atoms with van der Waals surface area (Å²) in [5.74, 6) is -0.517. The van der Waals surface area contributed by atoms with Gasteiger partial charge >= 0.3 is 5.97 Å². The number of carbonyl (C=O) groups is 2. The van der Waals surface area contributed by atoms with E-state index >= 15 is 0 Å². The van der Waals surface area contributed by atoms with Gasteiger partial charge < -0.3 is 14.2 Å². The largest absolute Gasteiger partial charge is 0.493 e. The Hall–Kier alpha value is -3.39. The first-order chi connectivity index (χ1) is 14.0. The van der Waals surface area contributed by atoms with Crippen molar-refractivity contribution in [3.05, 3.63) is 59.5 Å². The van der Waals surface area contributed by atoms with Crippen LogP contribution < -0.4 is 14.8 Å². The summed E-state index contributed by atoms with van der Waals surface area (Å²) in [5, 5.41) is 4.95. The molecule has 0 radical (unpaired) electrons. The zero-order valence-corrected chi connectivity index (χ0v) is 17.0. The van der Waals surface area contributed by atoms with Gasteiger partial charge in [0, 0.05) is 10.9 Å². The normalized spacial score (nSPS) is 11.4. The first kappa shape index (κ1) is 20.3. The number of amides is 1. The van der Waals surface area contributed by atoms with Crippen LogP contribution >= 0.6 is 11.3 Å². The number of carbonyl (C=O) groups excluding carboxylic acids is 2. The number of aromatic nitrogens is 1. The molecular weight excluding hydrogens is 392 g/mol. The molecule has 1 amide bonds. The van der Waals surface area contributed by atoms with Crippen molar-refractivity contribution in [2.75, 3.05) is 19.5 Å². The Morgan fingerprint density at radius 1 is 1.03 bits per heavy atom. The molecule has 0 fully saturated rings. The number of anilines is 1. The average molecular weight is 412 g/mol. The van der Waals surface area contributed by atoms with E-state index in [1.54, 1.807) is 18.2 Å². The van der Waals surface area contributed by atoms with Crippen LogP contribution in [0.4, 0.5) is 5.13 Å². The van der Waals surface area contributed by atoms with Crippen molar-refractivity contribution in [3.8, 4) is 22.8 Å². The topological polar surface area (TPSA) is 86.8 Å². The summed E-state index contributed by atoms with van der Waals surface area (Å²) in [6.45, 7) is 1.49. The van der Waals surface area contributed by atoms with E-state index in [-0.39, 0.29) is 11.3 Å². The van der Waals surface area contributed by atoms with Crippen LogP contribution in [-0.4, -0.2) is 37.2 Å². The number of nitrogens with one attached hydrogen (secondary N) is 1. The van der Waals surface area contributed by atoms with Gasteiger partial charge in [-0.05, 0) is 19.1 Å². The third-order valence-corrected chi connectivity index (χ3v) is 4.84. The molecular formula is C21H20N2O5S. The van der Waals surface area contributed by atoms with Crippen molar-refractivity contribution in [1.29, 1.82) is 0 Å². The summed E-state index contributed by atoms with van der Waals surface area (Å²) in [6, 6.07) is 14.5. The second-order valence-corrected chi connectivity index (χ2v) is 6.84. The van der Waals surface area contributed by atoms with E-state index in [1.807, 2.05) is 35.7 Å². The van der Waals surface area contributed by atoms with Gasteiger partial charge in [-0.3, -0.25) is 10.1 Å². The van der Waals surface area contributed by atoms with Crippen molar-refractivity contribution in [3.63, 3.8) is 0 Å². The highest BCUT2D eigenvalue weighted by Crippen LogP contribution is 2.31.